The van der Waals surface area contributed by atoms with Crippen LogP contribution in [0, 0.1) is 0 Å². The van der Waals surface area contributed by atoms with Crippen molar-refractivity contribution in [2.75, 3.05) is 5.32 Å². The number of nitrogens with zero attached hydrogens (tertiary/aromatic N) is 1. The number of benzene rings is 1. The maximum atomic E-state index is 11.9. The molecule has 0 aliphatic carbocycles. The van der Waals surface area contributed by atoms with Crippen LogP contribution in [0.15, 0.2) is 47.1 Å². The summed E-state index contributed by atoms with van der Waals surface area (Å²) in [7, 11) is 0. The van der Waals surface area contributed by atoms with Crippen LogP contribution in [0.3, 0.4) is 0 Å². The fraction of sp³-hybridized carbons (Fsp3) is 0. The largest absolute Gasteiger partial charge is 0.307 e. The summed E-state index contributed by atoms with van der Waals surface area (Å²) in [6.45, 7) is 0. The zero-order chi connectivity index (χ0) is 12.3. The van der Waals surface area contributed by atoms with Crippen LogP contribution in [0.5, 0.6) is 0 Å². The Morgan fingerprint density at radius 3 is 2.65 bits per heavy atom. The Balaban J connectivity index is 2.17. The lowest BCUT2D eigenvalue weighted by Crippen LogP contribution is -2.13. The predicted octanol–water partition coefficient (Wildman–Crippen LogP) is 3.75. The molecule has 3 nitrogen and oxygen atoms in total. The Morgan fingerprint density at radius 1 is 1.24 bits per heavy atom. The summed E-state index contributed by atoms with van der Waals surface area (Å²) < 4.78 is 0.742. The van der Waals surface area contributed by atoms with Gasteiger partial charge in [-0.1, -0.05) is 23.7 Å². The third-order valence-electron chi connectivity index (χ3n) is 2.09. The number of rotatable bonds is 2. The van der Waals surface area contributed by atoms with E-state index in [0.29, 0.717) is 16.4 Å². The van der Waals surface area contributed by atoms with E-state index in [4.69, 9.17) is 11.6 Å². The molecule has 2 aromatic rings. The Bertz CT molecular complexity index is 542. The highest BCUT2D eigenvalue weighted by Gasteiger charge is 2.09. The first-order valence-corrected chi connectivity index (χ1v) is 6.01. The molecular weight excluding hydrogens is 304 g/mol. The molecule has 0 saturated carbocycles. The molecule has 2 rings (SSSR count). The second-order valence-corrected chi connectivity index (χ2v) is 4.59. The number of nitrogens with one attached hydrogen (secondary N) is 1. The van der Waals surface area contributed by atoms with E-state index < -0.39 is 0 Å². The van der Waals surface area contributed by atoms with Gasteiger partial charge in [0.15, 0.2) is 0 Å². The lowest BCUT2D eigenvalue weighted by Gasteiger charge is -2.05. The number of pyridine rings is 1. The average molecular weight is 312 g/mol. The summed E-state index contributed by atoms with van der Waals surface area (Å²) in [5.74, 6) is 0.252. The number of hydrogen-bond acceptors (Lipinski definition) is 2. The van der Waals surface area contributed by atoms with E-state index in [9.17, 15) is 4.79 Å². The molecule has 1 aromatic carbocycles. The van der Waals surface area contributed by atoms with Crippen molar-refractivity contribution in [3.8, 4) is 0 Å². The fourth-order valence-corrected chi connectivity index (χ4v) is 1.86. The van der Waals surface area contributed by atoms with Crippen LogP contribution in [0.2, 0.25) is 5.02 Å². The van der Waals surface area contributed by atoms with Gasteiger partial charge in [-0.25, -0.2) is 4.98 Å². The smallest absolute Gasteiger partial charge is 0.257 e. The molecule has 0 saturated heterocycles. The van der Waals surface area contributed by atoms with Gasteiger partial charge in [-0.3, -0.25) is 4.79 Å². The number of aromatic nitrogens is 1. The van der Waals surface area contributed by atoms with Crippen LogP contribution in [0.4, 0.5) is 5.82 Å². The summed E-state index contributed by atoms with van der Waals surface area (Å²) in [5.41, 5.74) is 0.559. The van der Waals surface area contributed by atoms with Gasteiger partial charge in [0.05, 0.1) is 10.6 Å². The molecule has 1 heterocycles. The minimum absolute atomic E-state index is 0.215. The standard InChI is InChI=1S/C12H8BrClN2O/c13-10-4-2-1-3-9(10)12(17)16-11-6-5-8(14)7-15-11/h1-7H,(H,15,16,17). The first-order chi connectivity index (χ1) is 8.16. The molecule has 86 valence electrons. The van der Waals surface area contributed by atoms with E-state index in [2.05, 4.69) is 26.2 Å². The molecule has 0 atom stereocenters. The third kappa shape index (κ3) is 3.05. The number of carbonyl (C=O) groups is 1. The minimum atomic E-state index is -0.215. The quantitative estimate of drug-likeness (QED) is 0.918. The molecule has 5 heteroatoms. The molecule has 17 heavy (non-hydrogen) atoms. The molecule has 0 fully saturated rings. The monoisotopic (exact) mass is 310 g/mol. The minimum Gasteiger partial charge on any atom is -0.307 e. The second-order valence-electron chi connectivity index (χ2n) is 3.30. The highest BCUT2D eigenvalue weighted by molar-refractivity contribution is 9.10. The number of halogens is 2. The molecule has 0 radical (unpaired) electrons. The highest BCUT2D eigenvalue weighted by atomic mass is 79.9. The van der Waals surface area contributed by atoms with Gasteiger partial charge in [0.25, 0.3) is 5.91 Å². The Kier molecular flexibility index (Phi) is 3.76. The van der Waals surface area contributed by atoms with Crippen molar-refractivity contribution >= 4 is 39.3 Å². The van der Waals surface area contributed by atoms with Crippen LogP contribution in [0.25, 0.3) is 0 Å². The number of amides is 1. The van der Waals surface area contributed by atoms with Crippen LogP contribution in [-0.4, -0.2) is 10.9 Å². The van der Waals surface area contributed by atoms with Gasteiger partial charge in [0.2, 0.25) is 0 Å². The first kappa shape index (κ1) is 12.1. The van der Waals surface area contributed by atoms with Gasteiger partial charge < -0.3 is 5.32 Å². The van der Waals surface area contributed by atoms with Crippen LogP contribution < -0.4 is 5.32 Å². The molecular formula is C12H8BrClN2O. The van der Waals surface area contributed by atoms with Crippen molar-refractivity contribution in [3.05, 3.63) is 57.7 Å². The van der Waals surface area contributed by atoms with Gasteiger partial charge in [-0.15, -0.1) is 0 Å². The number of anilines is 1. The van der Waals surface area contributed by atoms with E-state index >= 15 is 0 Å². The third-order valence-corrected chi connectivity index (χ3v) is 3.00. The number of hydrogen-bond donors (Lipinski definition) is 1. The molecule has 0 bridgehead atoms. The van der Waals surface area contributed by atoms with Crippen LogP contribution in [-0.2, 0) is 0 Å². The maximum absolute atomic E-state index is 11.9. The summed E-state index contributed by atoms with van der Waals surface area (Å²) in [6.07, 6.45) is 1.48. The van der Waals surface area contributed by atoms with Crippen molar-refractivity contribution in [1.82, 2.24) is 4.98 Å². The average Bonchev–Trinajstić information content (AvgIpc) is 2.32. The lowest BCUT2D eigenvalue weighted by molar-refractivity contribution is 0.102. The van der Waals surface area contributed by atoms with Crippen molar-refractivity contribution in [3.63, 3.8) is 0 Å². The SMILES string of the molecule is O=C(Nc1ccc(Cl)cn1)c1ccccc1Br. The van der Waals surface area contributed by atoms with E-state index in [1.54, 1.807) is 24.3 Å². The second kappa shape index (κ2) is 5.29. The molecule has 0 unspecified atom stereocenters. The van der Waals surface area contributed by atoms with Gasteiger partial charge in [0, 0.05) is 10.7 Å². The van der Waals surface area contributed by atoms with E-state index in [1.165, 1.54) is 6.20 Å². The van der Waals surface area contributed by atoms with E-state index in [0.717, 1.165) is 4.47 Å². The summed E-state index contributed by atoms with van der Waals surface area (Å²) in [4.78, 5) is 15.9. The lowest BCUT2D eigenvalue weighted by atomic mass is 10.2. The van der Waals surface area contributed by atoms with Gasteiger partial charge >= 0.3 is 0 Å². The van der Waals surface area contributed by atoms with Crippen molar-refractivity contribution < 1.29 is 4.79 Å². The summed E-state index contributed by atoms with van der Waals surface area (Å²) in [6, 6.07) is 10.5. The maximum Gasteiger partial charge on any atom is 0.257 e. The van der Waals surface area contributed by atoms with Crippen LogP contribution in [0.1, 0.15) is 10.4 Å². The molecule has 1 amide bonds. The van der Waals surface area contributed by atoms with E-state index in [1.807, 2.05) is 12.1 Å². The van der Waals surface area contributed by atoms with Crippen molar-refractivity contribution in [2.24, 2.45) is 0 Å². The van der Waals surface area contributed by atoms with Gasteiger partial charge in [-0.2, -0.15) is 0 Å². The molecule has 0 aliphatic heterocycles. The zero-order valence-corrected chi connectivity index (χ0v) is 11.0. The molecule has 0 spiro atoms. The normalized spacial score (nSPS) is 10.0. The van der Waals surface area contributed by atoms with Gasteiger partial charge in [0.1, 0.15) is 5.82 Å². The number of carbonyl (C=O) groups excluding carboxylic acids is 1. The van der Waals surface area contributed by atoms with Crippen molar-refractivity contribution in [1.29, 1.82) is 0 Å². The topological polar surface area (TPSA) is 42.0 Å². The van der Waals surface area contributed by atoms with Gasteiger partial charge in [-0.05, 0) is 40.2 Å². The molecule has 0 aliphatic rings. The summed E-state index contributed by atoms with van der Waals surface area (Å²) >= 11 is 9.03. The summed E-state index contributed by atoms with van der Waals surface area (Å²) in [5, 5.41) is 3.22. The van der Waals surface area contributed by atoms with Crippen molar-refractivity contribution in [2.45, 2.75) is 0 Å². The van der Waals surface area contributed by atoms with Crippen LogP contribution >= 0.6 is 27.5 Å². The zero-order valence-electron chi connectivity index (χ0n) is 8.65. The Labute approximate surface area is 112 Å². The Morgan fingerprint density at radius 2 is 2.00 bits per heavy atom. The van der Waals surface area contributed by atoms with E-state index in [-0.39, 0.29) is 5.91 Å². The highest BCUT2D eigenvalue weighted by Crippen LogP contribution is 2.17. The fourth-order valence-electron chi connectivity index (χ4n) is 1.28. The Hall–Kier alpha value is -1.39. The molecule has 1 N–H and O–H groups in total. The predicted molar refractivity (Wildman–Crippen MR) is 71.3 cm³/mol. The first-order valence-electron chi connectivity index (χ1n) is 4.84. The molecule has 1 aromatic heterocycles.